The average molecular weight is 404 g/mol. The van der Waals surface area contributed by atoms with Crippen molar-refractivity contribution < 1.29 is 0 Å². The molecule has 0 bridgehead atoms. The van der Waals surface area contributed by atoms with Gasteiger partial charge in [0.05, 0.1) is 0 Å². The molecule has 1 heterocycles. The van der Waals surface area contributed by atoms with Crippen LogP contribution in [0.4, 0.5) is 0 Å². The number of benzene rings is 2. The van der Waals surface area contributed by atoms with Crippen molar-refractivity contribution in [3.63, 3.8) is 0 Å². The highest BCUT2D eigenvalue weighted by Gasteiger charge is 2.19. The van der Waals surface area contributed by atoms with Crippen molar-refractivity contribution in [3.8, 4) is 0 Å². The number of rotatable bonds is 4. The second-order valence-corrected chi connectivity index (χ2v) is 7.24. The molecule has 0 unspecified atom stereocenters. The van der Waals surface area contributed by atoms with Crippen LogP contribution in [-0.4, -0.2) is 41.1 Å². The molecule has 5 heteroatoms. The van der Waals surface area contributed by atoms with Gasteiger partial charge in [-0.1, -0.05) is 64.5 Å². The molecule has 1 N–H and O–H groups in total. The lowest BCUT2D eigenvalue weighted by Gasteiger charge is -2.36. The number of nitrogens with one attached hydrogen (secondary N) is 1. The molecule has 1 saturated heterocycles. The molecule has 0 aromatic heterocycles. The van der Waals surface area contributed by atoms with Crippen LogP contribution in [0.5, 0.6) is 0 Å². The van der Waals surface area contributed by atoms with E-state index in [0.717, 1.165) is 44.4 Å². The maximum Gasteiger partial charge on any atom is 0.169 e. The fraction of sp³-hybridized carbons (Fsp3) is 0.316. The SMILES string of the molecule is S=C(NCc1ccccc1)N1CCN(Cc2ccccc2Br)CC1. The Morgan fingerprint density at radius 3 is 2.33 bits per heavy atom. The van der Waals surface area contributed by atoms with Gasteiger partial charge in [0, 0.05) is 43.7 Å². The molecule has 0 atom stereocenters. The molecular formula is C19H22BrN3S. The second-order valence-electron chi connectivity index (χ2n) is 6.00. The molecule has 0 amide bonds. The van der Waals surface area contributed by atoms with E-state index in [2.05, 4.69) is 79.6 Å². The lowest BCUT2D eigenvalue weighted by molar-refractivity contribution is 0.174. The summed E-state index contributed by atoms with van der Waals surface area (Å²) in [7, 11) is 0. The number of halogens is 1. The van der Waals surface area contributed by atoms with Gasteiger partial charge < -0.3 is 10.2 Å². The molecule has 3 nitrogen and oxygen atoms in total. The molecule has 126 valence electrons. The summed E-state index contributed by atoms with van der Waals surface area (Å²) in [4.78, 5) is 4.76. The minimum absolute atomic E-state index is 0.789. The summed E-state index contributed by atoms with van der Waals surface area (Å²) in [5, 5.41) is 4.23. The molecule has 0 saturated carbocycles. The van der Waals surface area contributed by atoms with Crippen LogP contribution in [0.1, 0.15) is 11.1 Å². The van der Waals surface area contributed by atoms with E-state index in [1.807, 2.05) is 6.07 Å². The summed E-state index contributed by atoms with van der Waals surface area (Å²) < 4.78 is 1.19. The minimum atomic E-state index is 0.789. The van der Waals surface area contributed by atoms with Gasteiger partial charge in [0.25, 0.3) is 0 Å². The molecule has 1 aliphatic rings. The Morgan fingerprint density at radius 2 is 1.62 bits per heavy atom. The van der Waals surface area contributed by atoms with Gasteiger partial charge >= 0.3 is 0 Å². The largest absolute Gasteiger partial charge is 0.358 e. The highest BCUT2D eigenvalue weighted by atomic mass is 79.9. The van der Waals surface area contributed by atoms with Gasteiger partial charge in [0.15, 0.2) is 5.11 Å². The second kappa shape index (κ2) is 8.60. The predicted octanol–water partition coefficient (Wildman–Crippen LogP) is 3.64. The maximum absolute atomic E-state index is 5.55. The fourth-order valence-electron chi connectivity index (χ4n) is 2.86. The first kappa shape index (κ1) is 17.4. The van der Waals surface area contributed by atoms with E-state index in [4.69, 9.17) is 12.2 Å². The molecule has 24 heavy (non-hydrogen) atoms. The Kier molecular flexibility index (Phi) is 6.24. The summed E-state index contributed by atoms with van der Waals surface area (Å²) in [6.07, 6.45) is 0. The predicted molar refractivity (Wildman–Crippen MR) is 107 cm³/mol. The molecule has 1 aliphatic heterocycles. The van der Waals surface area contributed by atoms with Crippen LogP contribution in [0.2, 0.25) is 0 Å². The molecule has 1 fully saturated rings. The molecule has 0 spiro atoms. The third-order valence-corrected chi connectivity index (χ3v) is 5.47. The summed E-state index contributed by atoms with van der Waals surface area (Å²) >= 11 is 9.18. The van der Waals surface area contributed by atoms with Crippen molar-refractivity contribution in [2.75, 3.05) is 26.2 Å². The fourth-order valence-corrected chi connectivity index (χ4v) is 3.53. The zero-order chi connectivity index (χ0) is 16.8. The van der Waals surface area contributed by atoms with Crippen molar-refractivity contribution >= 4 is 33.3 Å². The zero-order valence-electron chi connectivity index (χ0n) is 13.6. The van der Waals surface area contributed by atoms with Crippen LogP contribution in [0.15, 0.2) is 59.1 Å². The molecule has 3 rings (SSSR count). The van der Waals surface area contributed by atoms with Crippen LogP contribution >= 0.6 is 28.1 Å². The van der Waals surface area contributed by atoms with Gasteiger partial charge in [-0.15, -0.1) is 0 Å². The lowest BCUT2D eigenvalue weighted by atomic mass is 10.2. The van der Waals surface area contributed by atoms with Gasteiger partial charge in [-0.25, -0.2) is 0 Å². The van der Waals surface area contributed by atoms with Crippen molar-refractivity contribution in [1.29, 1.82) is 0 Å². The van der Waals surface area contributed by atoms with Gasteiger partial charge in [-0.3, -0.25) is 4.90 Å². The van der Waals surface area contributed by atoms with Crippen LogP contribution < -0.4 is 5.32 Å². The van der Waals surface area contributed by atoms with Crippen LogP contribution in [-0.2, 0) is 13.1 Å². The number of thiocarbonyl (C=S) groups is 1. The van der Waals surface area contributed by atoms with E-state index in [1.165, 1.54) is 15.6 Å². The molecular weight excluding hydrogens is 382 g/mol. The Morgan fingerprint density at radius 1 is 0.958 bits per heavy atom. The number of hydrogen-bond donors (Lipinski definition) is 1. The summed E-state index contributed by atoms with van der Waals surface area (Å²) in [5.41, 5.74) is 2.60. The number of hydrogen-bond acceptors (Lipinski definition) is 2. The first-order valence-electron chi connectivity index (χ1n) is 8.25. The van der Waals surface area contributed by atoms with Crippen LogP contribution in [0.25, 0.3) is 0 Å². The lowest BCUT2D eigenvalue weighted by Crippen LogP contribution is -2.51. The van der Waals surface area contributed by atoms with E-state index in [-0.39, 0.29) is 0 Å². The van der Waals surface area contributed by atoms with E-state index in [1.54, 1.807) is 0 Å². The Hall–Kier alpha value is -1.43. The minimum Gasteiger partial charge on any atom is -0.358 e. The topological polar surface area (TPSA) is 18.5 Å². The van der Waals surface area contributed by atoms with E-state index in [0.29, 0.717) is 0 Å². The van der Waals surface area contributed by atoms with Crippen LogP contribution in [0.3, 0.4) is 0 Å². The third kappa shape index (κ3) is 4.79. The maximum atomic E-state index is 5.55. The van der Waals surface area contributed by atoms with Crippen molar-refractivity contribution in [2.24, 2.45) is 0 Å². The molecule has 2 aromatic carbocycles. The van der Waals surface area contributed by atoms with E-state index >= 15 is 0 Å². The van der Waals surface area contributed by atoms with Crippen molar-refractivity contribution in [1.82, 2.24) is 15.1 Å². The highest BCUT2D eigenvalue weighted by molar-refractivity contribution is 9.10. The van der Waals surface area contributed by atoms with Gasteiger partial charge in [0.2, 0.25) is 0 Å². The standard InChI is InChI=1S/C19H22BrN3S/c20-18-9-5-4-8-17(18)15-22-10-12-23(13-11-22)19(24)21-14-16-6-2-1-3-7-16/h1-9H,10-15H2,(H,21,24). The average Bonchev–Trinajstić information content (AvgIpc) is 2.63. The van der Waals surface area contributed by atoms with Crippen molar-refractivity contribution in [3.05, 3.63) is 70.2 Å². The first-order valence-corrected chi connectivity index (χ1v) is 9.45. The normalized spacial score (nSPS) is 15.3. The van der Waals surface area contributed by atoms with Crippen LogP contribution in [0, 0.1) is 0 Å². The Bertz CT molecular complexity index is 669. The summed E-state index contributed by atoms with van der Waals surface area (Å²) in [5.74, 6) is 0. The third-order valence-electron chi connectivity index (χ3n) is 4.30. The first-order chi connectivity index (χ1) is 11.7. The summed E-state index contributed by atoms with van der Waals surface area (Å²) in [6, 6.07) is 18.8. The smallest absolute Gasteiger partial charge is 0.169 e. The van der Waals surface area contributed by atoms with Gasteiger partial charge in [-0.2, -0.15) is 0 Å². The zero-order valence-corrected chi connectivity index (χ0v) is 16.0. The Balaban J connectivity index is 1.44. The number of piperazine rings is 1. The molecule has 0 radical (unpaired) electrons. The number of nitrogens with zero attached hydrogens (tertiary/aromatic N) is 2. The Labute approximate surface area is 157 Å². The van der Waals surface area contributed by atoms with Gasteiger partial charge in [-0.05, 0) is 29.4 Å². The molecule has 0 aliphatic carbocycles. The monoisotopic (exact) mass is 403 g/mol. The highest BCUT2D eigenvalue weighted by Crippen LogP contribution is 2.18. The van der Waals surface area contributed by atoms with E-state index < -0.39 is 0 Å². The molecule has 2 aromatic rings. The van der Waals surface area contributed by atoms with Crippen molar-refractivity contribution in [2.45, 2.75) is 13.1 Å². The summed E-state index contributed by atoms with van der Waals surface area (Å²) in [6.45, 7) is 5.80. The van der Waals surface area contributed by atoms with E-state index in [9.17, 15) is 0 Å². The quantitative estimate of drug-likeness (QED) is 0.784. The van der Waals surface area contributed by atoms with Gasteiger partial charge in [0.1, 0.15) is 0 Å².